The molecule has 8 heteroatoms. The molecule has 1 N–H and O–H groups in total. The van der Waals surface area contributed by atoms with Gasteiger partial charge in [-0.2, -0.15) is 0 Å². The molecule has 1 fully saturated rings. The third-order valence-electron chi connectivity index (χ3n) is 6.03. The van der Waals surface area contributed by atoms with Crippen molar-refractivity contribution >= 4 is 34.4 Å². The summed E-state index contributed by atoms with van der Waals surface area (Å²) < 4.78 is 7.39. The standard InChI is InChI=1S/C27H31N3O4S/c1-16(2)28-25(32)19-8-10-22-23(13-19)29-27(30(26(22)33)14-20-6-5-11-34-20)35-15-24(31)21-9-7-17(3)12-18(21)4/h7-10,12-13,16,20H,5-6,11,14-15H2,1-4H3,(H,28,32). The van der Waals surface area contributed by atoms with Gasteiger partial charge < -0.3 is 10.1 Å². The first kappa shape index (κ1) is 25.1. The molecule has 35 heavy (non-hydrogen) atoms. The lowest BCUT2D eigenvalue weighted by atomic mass is 10.0. The van der Waals surface area contributed by atoms with Crippen molar-refractivity contribution in [1.82, 2.24) is 14.9 Å². The predicted molar refractivity (Wildman–Crippen MR) is 139 cm³/mol. The highest BCUT2D eigenvalue weighted by Gasteiger charge is 2.22. The van der Waals surface area contributed by atoms with Gasteiger partial charge >= 0.3 is 0 Å². The zero-order valence-corrected chi connectivity index (χ0v) is 21.4. The fourth-order valence-corrected chi connectivity index (χ4v) is 5.18. The van der Waals surface area contributed by atoms with Crippen LogP contribution in [-0.4, -0.2) is 45.7 Å². The highest BCUT2D eigenvalue weighted by Crippen LogP contribution is 2.23. The Morgan fingerprint density at radius 1 is 1.20 bits per heavy atom. The number of ketones is 1. The first-order valence-corrected chi connectivity index (χ1v) is 12.9. The average Bonchev–Trinajstić information content (AvgIpc) is 3.32. The molecule has 7 nitrogen and oxygen atoms in total. The third kappa shape index (κ3) is 5.82. The van der Waals surface area contributed by atoms with Crippen molar-refractivity contribution in [3.05, 3.63) is 69.0 Å². The van der Waals surface area contributed by atoms with Gasteiger partial charge in [-0.3, -0.25) is 19.0 Å². The maximum Gasteiger partial charge on any atom is 0.262 e. The van der Waals surface area contributed by atoms with Crippen LogP contribution in [0.15, 0.2) is 46.3 Å². The summed E-state index contributed by atoms with van der Waals surface area (Å²) in [6.45, 7) is 8.77. The van der Waals surface area contributed by atoms with E-state index in [1.165, 1.54) is 11.8 Å². The molecule has 1 aliphatic heterocycles. The molecular weight excluding hydrogens is 462 g/mol. The number of rotatable bonds is 8. The van der Waals surface area contributed by atoms with E-state index in [1.54, 1.807) is 22.8 Å². The zero-order chi connectivity index (χ0) is 25.1. The third-order valence-corrected chi connectivity index (χ3v) is 7.00. The number of thioether (sulfide) groups is 1. The summed E-state index contributed by atoms with van der Waals surface area (Å²) >= 11 is 1.25. The van der Waals surface area contributed by atoms with E-state index >= 15 is 0 Å². The van der Waals surface area contributed by atoms with Crippen molar-refractivity contribution in [2.75, 3.05) is 12.4 Å². The number of aromatic nitrogens is 2. The summed E-state index contributed by atoms with van der Waals surface area (Å²) in [5.74, 6) is -0.0806. The van der Waals surface area contributed by atoms with Crippen LogP contribution in [-0.2, 0) is 11.3 Å². The highest BCUT2D eigenvalue weighted by molar-refractivity contribution is 7.99. The highest BCUT2D eigenvalue weighted by atomic mass is 32.2. The molecule has 0 spiro atoms. The fraction of sp³-hybridized carbons (Fsp3) is 0.407. The van der Waals surface area contributed by atoms with E-state index in [0.29, 0.717) is 40.3 Å². The Hall–Kier alpha value is -2.97. The van der Waals surface area contributed by atoms with Crippen molar-refractivity contribution in [2.24, 2.45) is 0 Å². The Bertz CT molecular complexity index is 1330. The Labute approximate surface area is 209 Å². The summed E-state index contributed by atoms with van der Waals surface area (Å²) in [7, 11) is 0. The molecule has 1 aliphatic rings. The molecule has 1 amide bonds. The van der Waals surface area contributed by atoms with Crippen molar-refractivity contribution in [1.29, 1.82) is 0 Å². The summed E-state index contributed by atoms with van der Waals surface area (Å²) in [4.78, 5) is 43.7. The number of nitrogens with one attached hydrogen (secondary N) is 1. The largest absolute Gasteiger partial charge is 0.376 e. The minimum absolute atomic E-state index is 0.00655. The summed E-state index contributed by atoms with van der Waals surface area (Å²) in [6.07, 6.45) is 1.78. The van der Waals surface area contributed by atoms with E-state index in [9.17, 15) is 14.4 Å². The Morgan fingerprint density at radius 3 is 2.69 bits per heavy atom. The minimum Gasteiger partial charge on any atom is -0.376 e. The topological polar surface area (TPSA) is 90.3 Å². The smallest absolute Gasteiger partial charge is 0.262 e. The van der Waals surface area contributed by atoms with E-state index in [2.05, 4.69) is 5.32 Å². The van der Waals surface area contributed by atoms with E-state index in [0.717, 1.165) is 24.0 Å². The number of hydrogen-bond donors (Lipinski definition) is 1. The monoisotopic (exact) mass is 493 g/mol. The molecule has 0 saturated carbocycles. The van der Waals surface area contributed by atoms with E-state index in [-0.39, 0.29) is 35.1 Å². The van der Waals surface area contributed by atoms with Gasteiger partial charge in [0.1, 0.15) is 0 Å². The van der Waals surface area contributed by atoms with Gasteiger partial charge in [-0.05, 0) is 64.3 Å². The van der Waals surface area contributed by atoms with Crippen LogP contribution in [0, 0.1) is 13.8 Å². The number of fused-ring (bicyclic) bond motifs is 1. The van der Waals surface area contributed by atoms with E-state index in [1.807, 2.05) is 45.9 Å². The van der Waals surface area contributed by atoms with Gasteiger partial charge in [0.25, 0.3) is 11.5 Å². The number of Topliss-reactive ketones (excluding diaryl/α,β-unsaturated/α-hetero) is 1. The first-order valence-electron chi connectivity index (χ1n) is 11.9. The van der Waals surface area contributed by atoms with Crippen molar-refractivity contribution in [2.45, 2.75) is 64.4 Å². The molecule has 1 aromatic heterocycles. The van der Waals surface area contributed by atoms with Crippen LogP contribution in [0.25, 0.3) is 10.9 Å². The number of ether oxygens (including phenoxy) is 1. The lowest BCUT2D eigenvalue weighted by Crippen LogP contribution is -2.31. The van der Waals surface area contributed by atoms with Gasteiger partial charge in [0.05, 0.1) is 29.3 Å². The fourth-order valence-electron chi connectivity index (χ4n) is 4.28. The lowest BCUT2D eigenvalue weighted by molar-refractivity contribution is 0.0936. The maximum atomic E-state index is 13.5. The number of hydrogen-bond acceptors (Lipinski definition) is 6. The predicted octanol–water partition coefficient (Wildman–Crippen LogP) is 4.31. The van der Waals surface area contributed by atoms with Crippen LogP contribution >= 0.6 is 11.8 Å². The van der Waals surface area contributed by atoms with Crippen LogP contribution < -0.4 is 10.9 Å². The molecule has 0 radical (unpaired) electrons. The molecular formula is C27H31N3O4S. The lowest BCUT2D eigenvalue weighted by Gasteiger charge is -2.17. The van der Waals surface area contributed by atoms with E-state index in [4.69, 9.17) is 9.72 Å². The SMILES string of the molecule is Cc1ccc(C(=O)CSc2nc3cc(C(=O)NC(C)C)ccc3c(=O)n2CC2CCCO2)c(C)c1. The Balaban J connectivity index is 1.69. The van der Waals surface area contributed by atoms with Crippen LogP contribution in [0.2, 0.25) is 0 Å². The number of amides is 1. The number of nitrogens with zero attached hydrogens (tertiary/aromatic N) is 2. The summed E-state index contributed by atoms with van der Waals surface area (Å²) in [5.41, 5.74) is 3.39. The number of carbonyl (C=O) groups excluding carboxylic acids is 2. The molecule has 2 heterocycles. The summed E-state index contributed by atoms with van der Waals surface area (Å²) in [6, 6.07) is 10.7. The average molecular weight is 494 g/mol. The number of carbonyl (C=O) groups is 2. The van der Waals surface area contributed by atoms with Gasteiger partial charge in [0.2, 0.25) is 0 Å². The van der Waals surface area contributed by atoms with Crippen LogP contribution in [0.4, 0.5) is 0 Å². The van der Waals surface area contributed by atoms with Gasteiger partial charge in [-0.1, -0.05) is 35.5 Å². The molecule has 0 aliphatic carbocycles. The molecule has 1 atom stereocenters. The van der Waals surface area contributed by atoms with Gasteiger partial charge in [0, 0.05) is 23.8 Å². The van der Waals surface area contributed by atoms with Crippen LogP contribution in [0.1, 0.15) is 58.5 Å². The van der Waals surface area contributed by atoms with Gasteiger partial charge in [0.15, 0.2) is 10.9 Å². The summed E-state index contributed by atoms with van der Waals surface area (Å²) in [5, 5.41) is 3.76. The van der Waals surface area contributed by atoms with Gasteiger partial charge in [-0.15, -0.1) is 0 Å². The molecule has 1 unspecified atom stereocenters. The second-order valence-corrected chi connectivity index (χ2v) is 10.3. The second-order valence-electron chi connectivity index (χ2n) is 9.34. The molecule has 4 rings (SSSR count). The molecule has 2 aromatic carbocycles. The van der Waals surface area contributed by atoms with Crippen molar-refractivity contribution in [3.8, 4) is 0 Å². The molecule has 0 bridgehead atoms. The Morgan fingerprint density at radius 2 is 2.00 bits per heavy atom. The zero-order valence-electron chi connectivity index (χ0n) is 20.6. The quantitative estimate of drug-likeness (QED) is 0.286. The normalized spacial score (nSPS) is 15.6. The Kier molecular flexibility index (Phi) is 7.72. The molecule has 1 saturated heterocycles. The molecule has 184 valence electrons. The number of aryl methyl sites for hydroxylation is 2. The first-order chi connectivity index (χ1) is 16.7. The second kappa shape index (κ2) is 10.7. The van der Waals surface area contributed by atoms with E-state index < -0.39 is 0 Å². The molecule has 3 aromatic rings. The number of benzene rings is 2. The van der Waals surface area contributed by atoms with Crippen molar-refractivity contribution < 1.29 is 14.3 Å². The maximum absolute atomic E-state index is 13.5. The van der Waals surface area contributed by atoms with Gasteiger partial charge in [-0.25, -0.2) is 4.98 Å². The van der Waals surface area contributed by atoms with Crippen LogP contribution in [0.5, 0.6) is 0 Å². The van der Waals surface area contributed by atoms with Crippen LogP contribution in [0.3, 0.4) is 0 Å². The minimum atomic E-state index is -0.216. The van der Waals surface area contributed by atoms with Crippen molar-refractivity contribution in [3.63, 3.8) is 0 Å².